The van der Waals surface area contributed by atoms with Crippen LogP contribution in [0.2, 0.25) is 0 Å². The molecule has 0 amide bonds. The molecule has 2 heteroatoms. The van der Waals surface area contributed by atoms with Crippen molar-refractivity contribution in [1.82, 2.24) is 0 Å². The van der Waals surface area contributed by atoms with Gasteiger partial charge in [-0.3, -0.25) is 4.79 Å². The van der Waals surface area contributed by atoms with Gasteiger partial charge in [-0.2, -0.15) is 0 Å². The third-order valence-electron chi connectivity index (χ3n) is 3.15. The highest BCUT2D eigenvalue weighted by Gasteiger charge is 2.05. The van der Waals surface area contributed by atoms with Crippen LogP contribution in [0, 0.1) is 0 Å². The van der Waals surface area contributed by atoms with Gasteiger partial charge in [0.05, 0.1) is 0 Å². The Morgan fingerprint density at radius 3 is 2.56 bits per heavy atom. The second-order valence-corrected chi connectivity index (χ2v) is 5.55. The Balaban J connectivity index is 2.27. The van der Waals surface area contributed by atoms with E-state index >= 15 is 0 Å². The van der Waals surface area contributed by atoms with Gasteiger partial charge in [-0.1, -0.05) is 51.2 Å². The average Bonchev–Trinajstić information content (AvgIpc) is 2.42. The SMILES string of the molecule is CCCCCCCCC(=O)c1cccc(SC)c1. The third-order valence-corrected chi connectivity index (χ3v) is 3.87. The molecule has 0 saturated carbocycles. The number of carbonyl (C=O) groups excluding carboxylic acids is 1. The maximum absolute atomic E-state index is 12.0. The molecule has 18 heavy (non-hydrogen) atoms. The number of rotatable bonds is 9. The van der Waals surface area contributed by atoms with E-state index in [9.17, 15) is 4.79 Å². The van der Waals surface area contributed by atoms with Gasteiger partial charge in [0.15, 0.2) is 5.78 Å². The van der Waals surface area contributed by atoms with E-state index < -0.39 is 0 Å². The van der Waals surface area contributed by atoms with Crippen LogP contribution in [0.1, 0.15) is 62.2 Å². The molecule has 1 nitrogen and oxygen atoms in total. The van der Waals surface area contributed by atoms with Crippen LogP contribution in [0.15, 0.2) is 29.2 Å². The first-order valence-corrected chi connectivity index (χ1v) is 8.17. The molecule has 0 aliphatic heterocycles. The Kier molecular flexibility index (Phi) is 7.83. The van der Waals surface area contributed by atoms with E-state index in [1.54, 1.807) is 11.8 Å². The molecule has 0 bridgehead atoms. The van der Waals surface area contributed by atoms with Crippen molar-refractivity contribution in [3.05, 3.63) is 29.8 Å². The topological polar surface area (TPSA) is 17.1 Å². The molecule has 0 saturated heterocycles. The van der Waals surface area contributed by atoms with Gasteiger partial charge in [-0.25, -0.2) is 0 Å². The summed E-state index contributed by atoms with van der Waals surface area (Å²) in [7, 11) is 0. The molecule has 0 heterocycles. The molecule has 0 N–H and O–H groups in total. The third kappa shape index (κ3) is 5.72. The number of ketones is 1. The molecule has 0 atom stereocenters. The predicted molar refractivity (Wildman–Crippen MR) is 80.5 cm³/mol. The highest BCUT2D eigenvalue weighted by atomic mass is 32.2. The zero-order valence-electron chi connectivity index (χ0n) is 11.6. The van der Waals surface area contributed by atoms with Gasteiger partial charge in [-0.15, -0.1) is 11.8 Å². The summed E-state index contributed by atoms with van der Waals surface area (Å²) >= 11 is 1.69. The number of benzene rings is 1. The van der Waals surface area contributed by atoms with Gasteiger partial charge in [0.25, 0.3) is 0 Å². The van der Waals surface area contributed by atoms with Crippen molar-refractivity contribution < 1.29 is 4.79 Å². The lowest BCUT2D eigenvalue weighted by Crippen LogP contribution is -1.98. The molecule has 1 rings (SSSR count). The van der Waals surface area contributed by atoms with Crippen LogP contribution >= 0.6 is 11.8 Å². The fourth-order valence-electron chi connectivity index (χ4n) is 2.01. The van der Waals surface area contributed by atoms with Crippen LogP contribution in [0.5, 0.6) is 0 Å². The number of thioether (sulfide) groups is 1. The molecule has 1 aromatic rings. The second kappa shape index (κ2) is 9.21. The Morgan fingerprint density at radius 1 is 1.11 bits per heavy atom. The maximum atomic E-state index is 12.0. The molecule has 1 aromatic carbocycles. The molecule has 0 aromatic heterocycles. The monoisotopic (exact) mass is 264 g/mol. The van der Waals surface area contributed by atoms with Crippen molar-refractivity contribution in [2.45, 2.75) is 56.8 Å². The zero-order chi connectivity index (χ0) is 13.2. The molecular formula is C16H24OS. The second-order valence-electron chi connectivity index (χ2n) is 4.67. The zero-order valence-corrected chi connectivity index (χ0v) is 12.4. The minimum atomic E-state index is 0.293. The summed E-state index contributed by atoms with van der Waals surface area (Å²) in [4.78, 5) is 13.2. The summed E-state index contributed by atoms with van der Waals surface area (Å²) in [6, 6.07) is 7.95. The van der Waals surface area contributed by atoms with E-state index in [-0.39, 0.29) is 0 Å². The lowest BCUT2D eigenvalue weighted by Gasteiger charge is -2.03. The number of hydrogen-bond acceptors (Lipinski definition) is 2. The van der Waals surface area contributed by atoms with E-state index in [4.69, 9.17) is 0 Å². The minimum absolute atomic E-state index is 0.293. The molecular weight excluding hydrogens is 240 g/mol. The molecule has 0 aliphatic rings. The van der Waals surface area contributed by atoms with Crippen LogP contribution in [0.3, 0.4) is 0 Å². The summed E-state index contributed by atoms with van der Waals surface area (Å²) in [5.41, 5.74) is 0.871. The number of Topliss-reactive ketones (excluding diaryl/α,β-unsaturated/α-hetero) is 1. The van der Waals surface area contributed by atoms with Gasteiger partial charge in [-0.05, 0) is 24.8 Å². The van der Waals surface area contributed by atoms with Crippen LogP contribution in [0.4, 0.5) is 0 Å². The highest BCUT2D eigenvalue weighted by molar-refractivity contribution is 7.98. The van der Waals surface area contributed by atoms with Crippen molar-refractivity contribution in [3.63, 3.8) is 0 Å². The first kappa shape index (κ1) is 15.3. The van der Waals surface area contributed by atoms with Crippen LogP contribution < -0.4 is 0 Å². The highest BCUT2D eigenvalue weighted by Crippen LogP contribution is 2.18. The predicted octanol–water partition coefficient (Wildman–Crippen LogP) is 5.34. The summed E-state index contributed by atoms with van der Waals surface area (Å²) in [5.74, 6) is 0.293. The van der Waals surface area contributed by atoms with E-state index in [1.165, 1.54) is 37.0 Å². The number of hydrogen-bond donors (Lipinski definition) is 0. The van der Waals surface area contributed by atoms with Crippen molar-refractivity contribution >= 4 is 17.5 Å². The van der Waals surface area contributed by atoms with Gasteiger partial charge >= 0.3 is 0 Å². The van der Waals surface area contributed by atoms with Crippen molar-refractivity contribution in [3.8, 4) is 0 Å². The Bertz CT molecular complexity index is 360. The summed E-state index contributed by atoms with van der Waals surface area (Å²) in [6.45, 7) is 2.22. The number of carbonyl (C=O) groups is 1. The molecule has 0 fully saturated rings. The Morgan fingerprint density at radius 2 is 1.83 bits per heavy atom. The summed E-state index contributed by atoms with van der Waals surface area (Å²) in [5, 5.41) is 0. The van der Waals surface area contributed by atoms with E-state index in [0.29, 0.717) is 12.2 Å². The first-order valence-electron chi connectivity index (χ1n) is 6.95. The number of unbranched alkanes of at least 4 members (excludes halogenated alkanes) is 5. The van der Waals surface area contributed by atoms with E-state index in [0.717, 1.165) is 12.0 Å². The van der Waals surface area contributed by atoms with Crippen LogP contribution in [-0.2, 0) is 0 Å². The average molecular weight is 264 g/mol. The van der Waals surface area contributed by atoms with Gasteiger partial charge < -0.3 is 0 Å². The summed E-state index contributed by atoms with van der Waals surface area (Å²) < 4.78 is 0. The molecule has 0 radical (unpaired) electrons. The van der Waals surface area contributed by atoms with E-state index in [2.05, 4.69) is 6.92 Å². The van der Waals surface area contributed by atoms with Gasteiger partial charge in [0.1, 0.15) is 0 Å². The van der Waals surface area contributed by atoms with Gasteiger partial charge in [0, 0.05) is 16.9 Å². The largest absolute Gasteiger partial charge is 0.294 e. The smallest absolute Gasteiger partial charge is 0.162 e. The Hall–Kier alpha value is -0.760. The lowest BCUT2D eigenvalue weighted by atomic mass is 10.0. The van der Waals surface area contributed by atoms with Crippen LogP contribution in [-0.4, -0.2) is 12.0 Å². The van der Waals surface area contributed by atoms with Crippen molar-refractivity contribution in [2.75, 3.05) is 6.26 Å². The molecule has 0 aliphatic carbocycles. The van der Waals surface area contributed by atoms with Gasteiger partial charge in [0.2, 0.25) is 0 Å². The standard InChI is InChI=1S/C16H24OS/c1-3-4-5-6-7-8-12-16(17)14-10-9-11-15(13-14)18-2/h9-11,13H,3-8,12H2,1-2H3. The van der Waals surface area contributed by atoms with Crippen molar-refractivity contribution in [1.29, 1.82) is 0 Å². The maximum Gasteiger partial charge on any atom is 0.162 e. The minimum Gasteiger partial charge on any atom is -0.294 e. The quantitative estimate of drug-likeness (QED) is 0.340. The molecule has 0 unspecified atom stereocenters. The fraction of sp³-hybridized carbons (Fsp3) is 0.562. The Labute approximate surface area is 115 Å². The molecule has 0 spiro atoms. The normalized spacial score (nSPS) is 10.6. The lowest BCUT2D eigenvalue weighted by molar-refractivity contribution is 0.0979. The van der Waals surface area contributed by atoms with E-state index in [1.807, 2.05) is 30.5 Å². The van der Waals surface area contributed by atoms with Crippen molar-refractivity contribution in [2.24, 2.45) is 0 Å². The first-order chi connectivity index (χ1) is 8.77. The summed E-state index contributed by atoms with van der Waals surface area (Å²) in [6.07, 6.45) is 10.1. The molecule has 100 valence electrons. The fourth-order valence-corrected chi connectivity index (χ4v) is 2.47. The van der Waals surface area contributed by atoms with Crippen LogP contribution in [0.25, 0.3) is 0 Å².